The van der Waals surface area contributed by atoms with Crippen LogP contribution in [0.15, 0.2) is 152 Å². The summed E-state index contributed by atoms with van der Waals surface area (Å²) in [5.74, 6) is 0. The Hall–Kier alpha value is -5.53. The van der Waals surface area contributed by atoms with Gasteiger partial charge in [0.15, 0.2) is 0 Å². The number of aromatic nitrogens is 1. The summed E-state index contributed by atoms with van der Waals surface area (Å²) in [6.45, 7) is 9.48. The van der Waals surface area contributed by atoms with Crippen LogP contribution in [-0.2, 0) is 10.8 Å². The van der Waals surface area contributed by atoms with Gasteiger partial charge in [0.1, 0.15) is 0 Å². The van der Waals surface area contributed by atoms with E-state index in [1.165, 1.54) is 77.9 Å². The van der Waals surface area contributed by atoms with Crippen molar-refractivity contribution >= 4 is 0 Å². The Balaban J connectivity index is 1.14. The maximum Gasteiger partial charge on any atom is 0.0708 e. The minimum Gasteiger partial charge on any atom is -0.256 e. The van der Waals surface area contributed by atoms with E-state index < -0.39 is 0 Å². The maximum atomic E-state index is 4.75. The summed E-state index contributed by atoms with van der Waals surface area (Å²) in [5.41, 5.74) is 20.3. The number of hydrogen-bond donors (Lipinski definition) is 0. The third-order valence-electron chi connectivity index (χ3n) is 11.0. The Morgan fingerprint density at radius 2 is 0.812 bits per heavy atom. The lowest BCUT2D eigenvalue weighted by Gasteiger charge is -2.24. The Morgan fingerprint density at radius 1 is 0.333 bits per heavy atom. The average molecular weight is 616 g/mol. The second-order valence-electron chi connectivity index (χ2n) is 14.4. The molecule has 0 N–H and O–H groups in total. The molecule has 48 heavy (non-hydrogen) atoms. The standard InChI is InChI=1S/C47H37N/c1-46(2)41-15-9-8-14-35(41)36-21-17-32(27-42(36)46)33-18-22-37-38-23-20-34(29-44(38)47(3,4)43(37)28-33)40-26-31(30-12-6-5-7-13-30)19-24-39(40)45-16-10-11-25-48-45/h5-29H,1-4H3. The molecular weight excluding hydrogens is 579 g/mol. The highest BCUT2D eigenvalue weighted by Crippen LogP contribution is 2.53. The Kier molecular flexibility index (Phi) is 6.27. The molecule has 1 heterocycles. The molecule has 6 aromatic carbocycles. The first kappa shape index (κ1) is 28.7. The number of rotatable bonds is 4. The first-order chi connectivity index (χ1) is 23.3. The zero-order chi connectivity index (χ0) is 32.6. The van der Waals surface area contributed by atoms with Crippen LogP contribution in [0, 0.1) is 0 Å². The highest BCUT2D eigenvalue weighted by molar-refractivity contribution is 5.91. The van der Waals surface area contributed by atoms with Gasteiger partial charge in [-0.1, -0.05) is 137 Å². The molecule has 7 aromatic rings. The number of nitrogens with zero attached hydrogens (tertiary/aromatic N) is 1. The number of benzene rings is 6. The van der Waals surface area contributed by atoms with Gasteiger partial charge < -0.3 is 0 Å². The third kappa shape index (κ3) is 4.27. The minimum absolute atomic E-state index is 0.0174. The van der Waals surface area contributed by atoms with Gasteiger partial charge in [-0.15, -0.1) is 0 Å². The van der Waals surface area contributed by atoms with Crippen LogP contribution in [0.25, 0.3) is 66.9 Å². The quantitative estimate of drug-likeness (QED) is 0.192. The van der Waals surface area contributed by atoms with Crippen LogP contribution in [0.5, 0.6) is 0 Å². The third-order valence-corrected chi connectivity index (χ3v) is 11.0. The van der Waals surface area contributed by atoms with Gasteiger partial charge in [0.2, 0.25) is 0 Å². The fourth-order valence-corrected chi connectivity index (χ4v) is 8.31. The first-order valence-corrected chi connectivity index (χ1v) is 17.0. The van der Waals surface area contributed by atoms with Gasteiger partial charge >= 0.3 is 0 Å². The summed E-state index contributed by atoms with van der Waals surface area (Å²) in [5, 5.41) is 0. The maximum absolute atomic E-state index is 4.75. The molecule has 0 amide bonds. The van der Waals surface area contributed by atoms with Crippen LogP contribution in [0.3, 0.4) is 0 Å². The summed E-state index contributed by atoms with van der Waals surface area (Å²) < 4.78 is 0. The van der Waals surface area contributed by atoms with Gasteiger partial charge in [0.25, 0.3) is 0 Å². The van der Waals surface area contributed by atoms with Crippen molar-refractivity contribution in [1.29, 1.82) is 0 Å². The van der Waals surface area contributed by atoms with E-state index in [0.717, 1.165) is 11.3 Å². The molecule has 0 spiro atoms. The van der Waals surface area contributed by atoms with Gasteiger partial charge in [0, 0.05) is 22.6 Å². The van der Waals surface area contributed by atoms with Crippen LogP contribution in [0.2, 0.25) is 0 Å². The zero-order valence-electron chi connectivity index (χ0n) is 27.9. The number of hydrogen-bond acceptors (Lipinski definition) is 1. The predicted molar refractivity (Wildman–Crippen MR) is 201 cm³/mol. The van der Waals surface area contributed by atoms with E-state index in [4.69, 9.17) is 4.98 Å². The van der Waals surface area contributed by atoms with Crippen LogP contribution in [-0.4, -0.2) is 4.98 Å². The molecule has 2 aliphatic carbocycles. The topological polar surface area (TPSA) is 12.9 Å². The van der Waals surface area contributed by atoms with Gasteiger partial charge in [-0.05, 0) is 114 Å². The lowest BCUT2D eigenvalue weighted by Crippen LogP contribution is -2.15. The highest BCUT2D eigenvalue weighted by atomic mass is 14.7. The Morgan fingerprint density at radius 3 is 1.44 bits per heavy atom. The second-order valence-corrected chi connectivity index (χ2v) is 14.4. The van der Waals surface area contributed by atoms with Crippen molar-refractivity contribution in [3.63, 3.8) is 0 Å². The molecule has 1 heteroatoms. The number of fused-ring (bicyclic) bond motifs is 6. The van der Waals surface area contributed by atoms with Gasteiger partial charge in [0.05, 0.1) is 5.69 Å². The van der Waals surface area contributed by atoms with E-state index in [2.05, 4.69) is 167 Å². The van der Waals surface area contributed by atoms with Crippen molar-refractivity contribution in [3.05, 3.63) is 174 Å². The molecule has 0 bridgehead atoms. The molecule has 1 aromatic heterocycles. The molecule has 2 aliphatic rings. The van der Waals surface area contributed by atoms with Gasteiger partial charge in [-0.2, -0.15) is 0 Å². The number of pyridine rings is 1. The molecule has 0 aliphatic heterocycles. The van der Waals surface area contributed by atoms with Crippen LogP contribution in [0.4, 0.5) is 0 Å². The van der Waals surface area contributed by atoms with E-state index in [-0.39, 0.29) is 10.8 Å². The highest BCUT2D eigenvalue weighted by Gasteiger charge is 2.37. The van der Waals surface area contributed by atoms with Crippen molar-refractivity contribution in [1.82, 2.24) is 4.98 Å². The van der Waals surface area contributed by atoms with Crippen LogP contribution >= 0.6 is 0 Å². The van der Waals surface area contributed by atoms with Crippen molar-refractivity contribution < 1.29 is 0 Å². The fraction of sp³-hybridized carbons (Fsp3) is 0.128. The normalized spacial score (nSPS) is 14.6. The Labute approximate surface area is 283 Å². The van der Waals surface area contributed by atoms with E-state index in [9.17, 15) is 0 Å². The molecule has 0 atom stereocenters. The average Bonchev–Trinajstić information content (AvgIpc) is 3.50. The molecule has 0 saturated heterocycles. The summed E-state index contributed by atoms with van der Waals surface area (Å²) in [6.07, 6.45) is 1.88. The van der Waals surface area contributed by atoms with Crippen molar-refractivity contribution in [2.45, 2.75) is 38.5 Å². The smallest absolute Gasteiger partial charge is 0.0708 e. The summed E-state index contributed by atoms with van der Waals surface area (Å²) >= 11 is 0. The summed E-state index contributed by atoms with van der Waals surface area (Å²) in [7, 11) is 0. The van der Waals surface area contributed by atoms with Gasteiger partial charge in [-0.3, -0.25) is 4.98 Å². The van der Waals surface area contributed by atoms with Crippen molar-refractivity contribution in [3.8, 4) is 66.9 Å². The van der Waals surface area contributed by atoms with Crippen LogP contribution < -0.4 is 0 Å². The van der Waals surface area contributed by atoms with Crippen LogP contribution in [0.1, 0.15) is 49.9 Å². The molecule has 0 unspecified atom stereocenters. The van der Waals surface area contributed by atoms with Crippen molar-refractivity contribution in [2.24, 2.45) is 0 Å². The minimum atomic E-state index is -0.148. The SMILES string of the molecule is CC1(C)c2ccccc2-c2ccc(-c3ccc4c(c3)C(C)(C)c3cc(-c5cc(-c6ccccc6)ccc5-c5ccccn5)ccc3-4)cc21. The molecule has 0 radical (unpaired) electrons. The summed E-state index contributed by atoms with van der Waals surface area (Å²) in [6, 6.07) is 53.7. The lowest BCUT2D eigenvalue weighted by atomic mass is 9.79. The van der Waals surface area contributed by atoms with E-state index >= 15 is 0 Å². The largest absolute Gasteiger partial charge is 0.256 e. The monoisotopic (exact) mass is 615 g/mol. The summed E-state index contributed by atoms with van der Waals surface area (Å²) in [4.78, 5) is 4.75. The molecule has 0 saturated carbocycles. The predicted octanol–water partition coefficient (Wildman–Crippen LogP) is 12.4. The Bertz CT molecular complexity index is 2380. The molecule has 9 rings (SSSR count). The molecule has 0 fully saturated rings. The molecule has 1 nitrogen and oxygen atoms in total. The van der Waals surface area contributed by atoms with E-state index in [1.54, 1.807) is 0 Å². The van der Waals surface area contributed by atoms with Gasteiger partial charge in [-0.25, -0.2) is 0 Å². The molecular formula is C47H37N. The molecule has 230 valence electrons. The first-order valence-electron chi connectivity index (χ1n) is 17.0. The second kappa shape index (κ2) is 10.5. The van der Waals surface area contributed by atoms with E-state index in [0.29, 0.717) is 0 Å². The zero-order valence-corrected chi connectivity index (χ0v) is 27.9. The van der Waals surface area contributed by atoms with Crippen molar-refractivity contribution in [2.75, 3.05) is 0 Å². The lowest BCUT2D eigenvalue weighted by molar-refractivity contribution is 0.659. The van der Waals surface area contributed by atoms with E-state index in [1.807, 2.05) is 12.3 Å². The fourth-order valence-electron chi connectivity index (χ4n) is 8.31.